The molecule has 0 spiro atoms. The molecule has 0 aliphatic carbocycles. The van der Waals surface area contributed by atoms with Crippen LogP contribution in [-0.4, -0.2) is 43.1 Å². The van der Waals surface area contributed by atoms with Gasteiger partial charge in [0, 0.05) is 19.3 Å². The second kappa shape index (κ2) is 16.2. The molecule has 0 aromatic carbocycles. The zero-order valence-corrected chi connectivity index (χ0v) is 18.9. The van der Waals surface area contributed by atoms with Gasteiger partial charge in [-0.1, -0.05) is 45.1 Å². The average Bonchev–Trinajstić information content (AvgIpc) is 2.45. The van der Waals surface area contributed by atoms with E-state index < -0.39 is 10.1 Å². The molecule has 0 heterocycles. The van der Waals surface area contributed by atoms with Crippen LogP contribution in [-0.2, 0) is 14.9 Å². The Bertz CT molecular complexity index is 424. The number of carbonyl (C=O) groups excluding carboxylic acids is 1. The standard InChI is InChI=1S/C16H31NO4S.K/c1-3-4-5-6-7-8-9-10-13-16(18)17(2)14-11-12-15-22(19,20)21;/h10,13H,3-9,11-12,14-15H2,1-2H3,(H,19,20,21);/q;+1/p-1/b13-10+;. The number of hydrogen-bond donors (Lipinski definition) is 0. The van der Waals surface area contributed by atoms with Crippen LogP contribution in [0, 0.1) is 0 Å². The van der Waals surface area contributed by atoms with E-state index in [4.69, 9.17) is 0 Å². The fourth-order valence-electron chi connectivity index (χ4n) is 2.09. The fraction of sp³-hybridized carbons (Fsp3) is 0.812. The first kappa shape index (κ1) is 26.0. The molecule has 0 bridgehead atoms. The van der Waals surface area contributed by atoms with Gasteiger partial charge in [0.05, 0.1) is 10.1 Å². The molecule has 23 heavy (non-hydrogen) atoms. The van der Waals surface area contributed by atoms with Crippen LogP contribution in [0.25, 0.3) is 0 Å². The maximum atomic E-state index is 11.8. The Morgan fingerprint density at radius 3 is 2.26 bits per heavy atom. The molecule has 5 nitrogen and oxygen atoms in total. The monoisotopic (exact) mass is 371 g/mol. The van der Waals surface area contributed by atoms with E-state index in [1.807, 2.05) is 6.08 Å². The van der Waals surface area contributed by atoms with E-state index in [0.717, 1.165) is 12.8 Å². The average molecular weight is 372 g/mol. The van der Waals surface area contributed by atoms with Crippen LogP contribution in [0.5, 0.6) is 0 Å². The molecule has 0 saturated carbocycles. The molecule has 0 aromatic rings. The third-order valence-electron chi connectivity index (χ3n) is 3.50. The van der Waals surface area contributed by atoms with E-state index in [-0.39, 0.29) is 63.0 Å². The summed E-state index contributed by atoms with van der Waals surface area (Å²) in [5.41, 5.74) is 0. The van der Waals surface area contributed by atoms with Crippen molar-refractivity contribution in [3.8, 4) is 0 Å². The SMILES string of the molecule is CCCCCCCC/C=C/C(=O)N(C)CCCCS(=O)(=O)[O-].[K+]. The quantitative estimate of drug-likeness (QED) is 0.199. The Morgan fingerprint density at radius 2 is 1.65 bits per heavy atom. The van der Waals surface area contributed by atoms with Gasteiger partial charge in [0.2, 0.25) is 5.91 Å². The summed E-state index contributed by atoms with van der Waals surface area (Å²) in [7, 11) is -2.46. The van der Waals surface area contributed by atoms with Crippen molar-refractivity contribution in [2.45, 2.75) is 64.7 Å². The summed E-state index contributed by atoms with van der Waals surface area (Å²) in [5.74, 6) is -0.431. The number of unbranched alkanes of at least 4 members (excludes halogenated alkanes) is 7. The number of allylic oxidation sites excluding steroid dienone is 1. The summed E-state index contributed by atoms with van der Waals surface area (Å²) in [5, 5.41) is 0. The fourth-order valence-corrected chi connectivity index (χ4v) is 2.65. The van der Waals surface area contributed by atoms with Crippen molar-refractivity contribution in [1.82, 2.24) is 4.90 Å². The van der Waals surface area contributed by atoms with Gasteiger partial charge in [-0.15, -0.1) is 0 Å². The smallest absolute Gasteiger partial charge is 0.748 e. The van der Waals surface area contributed by atoms with Crippen LogP contribution in [0.2, 0.25) is 0 Å². The van der Waals surface area contributed by atoms with E-state index in [1.165, 1.54) is 32.1 Å². The first-order chi connectivity index (χ1) is 10.4. The molecule has 0 aliphatic rings. The number of nitrogens with zero attached hydrogens (tertiary/aromatic N) is 1. The molecule has 0 aliphatic heterocycles. The molecule has 0 fully saturated rings. The normalized spacial score (nSPS) is 11.4. The molecule has 0 radical (unpaired) electrons. The topological polar surface area (TPSA) is 77.5 Å². The van der Waals surface area contributed by atoms with Crippen molar-refractivity contribution < 1.29 is 69.1 Å². The van der Waals surface area contributed by atoms with Crippen LogP contribution in [0.3, 0.4) is 0 Å². The minimum Gasteiger partial charge on any atom is -0.748 e. The first-order valence-corrected chi connectivity index (χ1v) is 9.79. The summed E-state index contributed by atoms with van der Waals surface area (Å²) in [6, 6.07) is 0. The van der Waals surface area contributed by atoms with Crippen LogP contribution in [0.15, 0.2) is 12.2 Å². The number of hydrogen-bond acceptors (Lipinski definition) is 4. The molecule has 130 valence electrons. The number of rotatable bonds is 13. The summed E-state index contributed by atoms with van der Waals surface area (Å²) in [4.78, 5) is 13.3. The molecule has 0 unspecified atom stereocenters. The Hall–Kier alpha value is 0.756. The summed E-state index contributed by atoms with van der Waals surface area (Å²) < 4.78 is 31.3. The third kappa shape index (κ3) is 18.9. The van der Waals surface area contributed by atoms with Crippen molar-refractivity contribution in [2.75, 3.05) is 19.3 Å². The first-order valence-electron chi connectivity index (χ1n) is 8.22. The maximum Gasteiger partial charge on any atom is 1.00 e. The van der Waals surface area contributed by atoms with Gasteiger partial charge >= 0.3 is 51.4 Å². The van der Waals surface area contributed by atoms with Gasteiger partial charge in [0.15, 0.2) is 0 Å². The minimum absolute atomic E-state index is 0. The molecule has 0 atom stereocenters. The van der Waals surface area contributed by atoms with Gasteiger partial charge in [-0.25, -0.2) is 8.42 Å². The van der Waals surface area contributed by atoms with Gasteiger partial charge in [-0.3, -0.25) is 4.79 Å². The zero-order chi connectivity index (χ0) is 16.8. The van der Waals surface area contributed by atoms with Crippen molar-refractivity contribution in [3.05, 3.63) is 12.2 Å². The van der Waals surface area contributed by atoms with Crippen molar-refractivity contribution >= 4 is 16.0 Å². The van der Waals surface area contributed by atoms with Crippen molar-refractivity contribution in [3.63, 3.8) is 0 Å². The van der Waals surface area contributed by atoms with Crippen molar-refractivity contribution in [2.24, 2.45) is 0 Å². The minimum atomic E-state index is -4.14. The van der Waals surface area contributed by atoms with Crippen LogP contribution < -0.4 is 51.4 Å². The van der Waals surface area contributed by atoms with Crippen LogP contribution >= 0.6 is 0 Å². The van der Waals surface area contributed by atoms with Gasteiger partial charge in [0.1, 0.15) is 0 Å². The number of amides is 1. The van der Waals surface area contributed by atoms with Crippen LogP contribution in [0.4, 0.5) is 0 Å². The molecule has 7 heteroatoms. The predicted molar refractivity (Wildman–Crippen MR) is 88.6 cm³/mol. The summed E-state index contributed by atoms with van der Waals surface area (Å²) in [6.45, 7) is 2.67. The Morgan fingerprint density at radius 1 is 1.04 bits per heavy atom. The molecule has 0 aromatic heterocycles. The van der Waals surface area contributed by atoms with E-state index in [0.29, 0.717) is 19.4 Å². The summed E-state index contributed by atoms with van der Waals surface area (Å²) >= 11 is 0. The van der Waals surface area contributed by atoms with E-state index in [9.17, 15) is 17.8 Å². The second-order valence-electron chi connectivity index (χ2n) is 5.69. The van der Waals surface area contributed by atoms with Crippen LogP contribution in [0.1, 0.15) is 64.7 Å². The van der Waals surface area contributed by atoms with Gasteiger partial charge in [-0.05, 0) is 31.8 Å². The molecular weight excluding hydrogens is 341 g/mol. The van der Waals surface area contributed by atoms with E-state index in [2.05, 4.69) is 6.92 Å². The molecule has 0 rings (SSSR count). The predicted octanol–water partition coefficient (Wildman–Crippen LogP) is 0.0810. The molecule has 0 saturated heterocycles. The molecular formula is C16H30KNO4S. The Labute approximate surface area is 184 Å². The zero-order valence-electron chi connectivity index (χ0n) is 14.9. The van der Waals surface area contributed by atoms with Gasteiger partial charge in [-0.2, -0.15) is 0 Å². The van der Waals surface area contributed by atoms with E-state index in [1.54, 1.807) is 18.0 Å². The van der Waals surface area contributed by atoms with E-state index >= 15 is 0 Å². The number of carbonyl (C=O) groups is 1. The second-order valence-corrected chi connectivity index (χ2v) is 7.21. The van der Waals surface area contributed by atoms with Crippen molar-refractivity contribution in [1.29, 1.82) is 0 Å². The molecule has 1 amide bonds. The summed E-state index contributed by atoms with van der Waals surface area (Å²) in [6.07, 6.45) is 12.6. The molecule has 0 N–H and O–H groups in total. The Kier molecular flexibility index (Phi) is 18.3. The van der Waals surface area contributed by atoms with Gasteiger partial charge < -0.3 is 9.45 Å². The largest absolute Gasteiger partial charge is 1.00 e. The Balaban J connectivity index is 0. The third-order valence-corrected chi connectivity index (χ3v) is 4.29. The maximum absolute atomic E-state index is 11.8. The van der Waals surface area contributed by atoms with Gasteiger partial charge in [0.25, 0.3) is 0 Å². The number of likely N-dealkylation sites (N-methyl/N-ethyl adjacent to an activating group) is 1.